The van der Waals surface area contributed by atoms with Crippen molar-refractivity contribution in [2.45, 2.75) is 88.9 Å². The first-order valence-electron chi connectivity index (χ1n) is 9.54. The maximum absolute atomic E-state index is 11.4. The van der Waals surface area contributed by atoms with Crippen LogP contribution in [0.25, 0.3) is 0 Å². The number of aryl methyl sites for hydroxylation is 1. The molecule has 0 bridgehead atoms. The van der Waals surface area contributed by atoms with E-state index in [0.717, 1.165) is 43.2 Å². The second-order valence-electron chi connectivity index (χ2n) is 9.29. The Hall–Kier alpha value is -0.693. The fourth-order valence-electron chi connectivity index (χ4n) is 3.39. The SMILES string of the molecule is Cc1ccc(S(=O)(=O)O)cc1C[C@H]1CC[C@H](O[Si](C)(C)C(C)(C)C)CC1. The Morgan fingerprint density at radius 2 is 1.73 bits per heavy atom. The van der Waals surface area contributed by atoms with E-state index in [2.05, 4.69) is 33.9 Å². The summed E-state index contributed by atoms with van der Waals surface area (Å²) < 4.78 is 38.6. The van der Waals surface area contributed by atoms with E-state index in [4.69, 9.17) is 4.43 Å². The first-order chi connectivity index (χ1) is 11.8. The molecule has 0 amide bonds. The van der Waals surface area contributed by atoms with Crippen LogP contribution in [0.2, 0.25) is 18.1 Å². The summed E-state index contributed by atoms with van der Waals surface area (Å²) in [6.45, 7) is 13.4. The molecule has 1 aromatic carbocycles. The van der Waals surface area contributed by atoms with Gasteiger partial charge >= 0.3 is 0 Å². The van der Waals surface area contributed by atoms with E-state index in [-0.39, 0.29) is 9.93 Å². The van der Waals surface area contributed by atoms with Crippen LogP contribution in [0.4, 0.5) is 0 Å². The molecule has 1 saturated carbocycles. The predicted molar refractivity (Wildman–Crippen MR) is 109 cm³/mol. The monoisotopic (exact) mass is 398 g/mol. The summed E-state index contributed by atoms with van der Waals surface area (Å²) in [5, 5.41) is 0.233. The van der Waals surface area contributed by atoms with Crippen LogP contribution in [0, 0.1) is 12.8 Å². The number of rotatable bonds is 5. The summed E-state index contributed by atoms with van der Waals surface area (Å²) in [5.74, 6) is 0.546. The van der Waals surface area contributed by atoms with Crippen molar-refractivity contribution in [3.8, 4) is 0 Å². The zero-order valence-corrected chi connectivity index (χ0v) is 18.8. The molecule has 1 N–H and O–H groups in total. The Morgan fingerprint density at radius 1 is 1.15 bits per heavy atom. The zero-order valence-electron chi connectivity index (χ0n) is 17.0. The second kappa shape index (κ2) is 7.74. The Balaban J connectivity index is 1.97. The summed E-state index contributed by atoms with van der Waals surface area (Å²) in [6.07, 6.45) is 5.59. The number of benzene rings is 1. The van der Waals surface area contributed by atoms with Gasteiger partial charge in [-0.3, -0.25) is 4.55 Å². The molecule has 0 saturated heterocycles. The summed E-state index contributed by atoms with van der Waals surface area (Å²) in [7, 11) is -5.86. The Morgan fingerprint density at radius 3 is 2.23 bits per heavy atom. The topological polar surface area (TPSA) is 63.6 Å². The van der Waals surface area contributed by atoms with Gasteiger partial charge in [0.1, 0.15) is 0 Å². The van der Waals surface area contributed by atoms with Crippen molar-refractivity contribution in [3.63, 3.8) is 0 Å². The van der Waals surface area contributed by atoms with Crippen LogP contribution >= 0.6 is 0 Å². The van der Waals surface area contributed by atoms with Crippen LogP contribution in [0.5, 0.6) is 0 Å². The molecule has 6 heteroatoms. The fraction of sp³-hybridized carbons (Fsp3) is 0.700. The molecule has 0 atom stereocenters. The predicted octanol–water partition coefficient (Wildman–Crippen LogP) is 5.36. The summed E-state index contributed by atoms with van der Waals surface area (Å²) in [6, 6.07) is 4.88. The van der Waals surface area contributed by atoms with Crippen LogP contribution in [0.1, 0.15) is 57.6 Å². The molecule has 0 spiro atoms. The van der Waals surface area contributed by atoms with Gasteiger partial charge in [0.2, 0.25) is 0 Å². The van der Waals surface area contributed by atoms with Crippen LogP contribution in [0.3, 0.4) is 0 Å². The Kier molecular flexibility index (Phi) is 6.43. The van der Waals surface area contributed by atoms with Crippen molar-refractivity contribution in [2.24, 2.45) is 5.92 Å². The molecular formula is C20H34O4SSi. The molecule has 0 aliphatic heterocycles. The van der Waals surface area contributed by atoms with Crippen molar-refractivity contribution in [2.75, 3.05) is 0 Å². The lowest BCUT2D eigenvalue weighted by Crippen LogP contribution is -2.44. The second-order valence-corrected chi connectivity index (χ2v) is 15.5. The van der Waals surface area contributed by atoms with Crippen molar-refractivity contribution in [1.82, 2.24) is 0 Å². The number of hydrogen-bond donors (Lipinski definition) is 1. The smallest absolute Gasteiger partial charge is 0.294 e. The molecule has 1 aromatic rings. The highest BCUT2D eigenvalue weighted by Gasteiger charge is 2.39. The molecule has 0 heterocycles. The van der Waals surface area contributed by atoms with Gasteiger partial charge in [-0.15, -0.1) is 0 Å². The minimum absolute atomic E-state index is 0.00644. The van der Waals surface area contributed by atoms with E-state index < -0.39 is 18.4 Å². The average Bonchev–Trinajstić information content (AvgIpc) is 2.49. The summed E-state index contributed by atoms with van der Waals surface area (Å²) in [4.78, 5) is -0.00644. The van der Waals surface area contributed by atoms with Crippen molar-refractivity contribution < 1.29 is 17.4 Å². The molecule has 1 fully saturated rings. The van der Waals surface area contributed by atoms with Crippen molar-refractivity contribution in [1.29, 1.82) is 0 Å². The van der Waals surface area contributed by atoms with Gasteiger partial charge in [-0.1, -0.05) is 26.8 Å². The third kappa shape index (κ3) is 5.41. The van der Waals surface area contributed by atoms with Gasteiger partial charge in [0, 0.05) is 6.10 Å². The molecule has 0 radical (unpaired) electrons. The lowest BCUT2D eigenvalue weighted by atomic mass is 9.83. The molecule has 2 rings (SSSR count). The van der Waals surface area contributed by atoms with E-state index in [9.17, 15) is 13.0 Å². The molecular weight excluding hydrogens is 364 g/mol. The van der Waals surface area contributed by atoms with Crippen molar-refractivity contribution in [3.05, 3.63) is 29.3 Å². The molecule has 0 aromatic heterocycles. The maximum atomic E-state index is 11.4. The van der Waals surface area contributed by atoms with E-state index in [1.54, 1.807) is 12.1 Å². The van der Waals surface area contributed by atoms with E-state index in [0.29, 0.717) is 12.0 Å². The van der Waals surface area contributed by atoms with E-state index in [1.165, 1.54) is 6.07 Å². The van der Waals surface area contributed by atoms with Crippen LogP contribution in [-0.2, 0) is 21.0 Å². The minimum atomic E-state index is -4.14. The van der Waals surface area contributed by atoms with E-state index in [1.807, 2.05) is 6.92 Å². The molecule has 26 heavy (non-hydrogen) atoms. The quantitative estimate of drug-likeness (QED) is 0.535. The maximum Gasteiger partial charge on any atom is 0.294 e. The molecule has 0 unspecified atom stereocenters. The largest absolute Gasteiger partial charge is 0.414 e. The third-order valence-electron chi connectivity index (χ3n) is 6.19. The lowest BCUT2D eigenvalue weighted by molar-refractivity contribution is 0.116. The first kappa shape index (κ1) is 21.6. The normalized spacial score (nSPS) is 22.4. The zero-order chi connectivity index (χ0) is 19.8. The third-order valence-corrected chi connectivity index (χ3v) is 11.6. The Bertz CT molecular complexity index is 727. The first-order valence-corrected chi connectivity index (χ1v) is 13.9. The standard InChI is InChI=1S/C20H34O4SSi/c1-15-7-12-19(25(21,22)23)14-17(15)13-16-8-10-18(11-9-16)24-26(5,6)20(2,3)4/h7,12,14,16,18H,8-11,13H2,1-6H3,(H,21,22,23)/t16-,18-. The molecule has 4 nitrogen and oxygen atoms in total. The van der Waals surface area contributed by atoms with Gasteiger partial charge in [0.25, 0.3) is 10.1 Å². The summed E-state index contributed by atoms with van der Waals surface area (Å²) in [5.41, 5.74) is 2.10. The fourth-order valence-corrected chi connectivity index (χ4v) is 5.34. The molecule has 148 valence electrons. The van der Waals surface area contributed by atoms with Crippen LogP contribution in [0.15, 0.2) is 23.1 Å². The van der Waals surface area contributed by atoms with Gasteiger partial charge in [-0.25, -0.2) is 0 Å². The number of hydrogen-bond acceptors (Lipinski definition) is 3. The van der Waals surface area contributed by atoms with E-state index >= 15 is 0 Å². The average molecular weight is 399 g/mol. The molecule has 1 aliphatic carbocycles. The Labute approximate surface area is 160 Å². The highest BCUT2D eigenvalue weighted by molar-refractivity contribution is 7.85. The molecule has 1 aliphatic rings. The van der Waals surface area contributed by atoms with Gasteiger partial charge in [0.15, 0.2) is 8.32 Å². The van der Waals surface area contributed by atoms with Gasteiger partial charge in [-0.2, -0.15) is 8.42 Å². The van der Waals surface area contributed by atoms with Crippen LogP contribution in [-0.4, -0.2) is 27.4 Å². The van der Waals surface area contributed by atoms with Crippen LogP contribution < -0.4 is 0 Å². The lowest BCUT2D eigenvalue weighted by Gasteiger charge is -2.41. The summed E-state index contributed by atoms with van der Waals surface area (Å²) >= 11 is 0. The minimum Gasteiger partial charge on any atom is -0.414 e. The highest BCUT2D eigenvalue weighted by Crippen LogP contribution is 2.40. The van der Waals surface area contributed by atoms with Gasteiger partial charge in [-0.05, 0) is 86.3 Å². The van der Waals surface area contributed by atoms with Gasteiger partial charge < -0.3 is 4.43 Å². The highest BCUT2D eigenvalue weighted by atomic mass is 32.2. The van der Waals surface area contributed by atoms with Crippen molar-refractivity contribution >= 4 is 18.4 Å². The van der Waals surface area contributed by atoms with Gasteiger partial charge in [0.05, 0.1) is 4.90 Å².